The van der Waals surface area contributed by atoms with Crippen LogP contribution in [-0.2, 0) is 11.2 Å². The number of unbranched alkanes of at least 4 members (excludes halogenated alkanes) is 1. The maximum atomic E-state index is 11.9. The molecule has 1 atom stereocenters. The molecule has 0 aliphatic carbocycles. The van der Waals surface area contributed by atoms with Crippen LogP contribution in [0.4, 0.5) is 0 Å². The van der Waals surface area contributed by atoms with Crippen LogP contribution in [0.5, 0.6) is 0 Å². The third-order valence-corrected chi connectivity index (χ3v) is 5.21. The first-order chi connectivity index (χ1) is 11.0. The van der Waals surface area contributed by atoms with Gasteiger partial charge in [-0.05, 0) is 33.4 Å². The molecule has 1 aliphatic rings. The normalized spacial score (nSPS) is 18.0. The van der Waals surface area contributed by atoms with Gasteiger partial charge in [0.2, 0.25) is 5.91 Å². The van der Waals surface area contributed by atoms with Crippen molar-refractivity contribution in [2.24, 2.45) is 5.73 Å². The van der Waals surface area contributed by atoms with Crippen LogP contribution < -0.4 is 11.1 Å². The van der Waals surface area contributed by atoms with Crippen molar-refractivity contribution in [3.8, 4) is 0 Å². The van der Waals surface area contributed by atoms with Crippen molar-refractivity contribution in [1.82, 2.24) is 20.1 Å². The molecule has 1 saturated heterocycles. The Bertz CT molecular complexity index is 483. The Morgan fingerprint density at radius 3 is 2.78 bits per heavy atom. The molecule has 0 spiro atoms. The molecule has 0 saturated carbocycles. The lowest BCUT2D eigenvalue weighted by atomic mass is 10.2. The van der Waals surface area contributed by atoms with E-state index in [0.717, 1.165) is 62.8 Å². The minimum Gasteiger partial charge on any atom is -0.356 e. The number of nitrogens with zero attached hydrogens (tertiary/aromatic N) is 3. The molecule has 1 aromatic heterocycles. The van der Waals surface area contributed by atoms with E-state index in [4.69, 9.17) is 5.73 Å². The summed E-state index contributed by atoms with van der Waals surface area (Å²) in [5.74, 6) is 0.0473. The third kappa shape index (κ3) is 6.55. The van der Waals surface area contributed by atoms with Crippen molar-refractivity contribution in [1.29, 1.82) is 0 Å². The van der Waals surface area contributed by atoms with Gasteiger partial charge < -0.3 is 20.9 Å². The third-order valence-electron chi connectivity index (χ3n) is 4.12. The number of aromatic nitrogens is 1. The van der Waals surface area contributed by atoms with Crippen molar-refractivity contribution in [2.75, 3.05) is 46.3 Å². The molecule has 1 aliphatic heterocycles. The highest BCUT2D eigenvalue weighted by molar-refractivity contribution is 7.09. The minimum absolute atomic E-state index is 0.0473. The fraction of sp³-hybridized carbons (Fsp3) is 0.750. The van der Waals surface area contributed by atoms with Crippen molar-refractivity contribution in [2.45, 2.75) is 32.2 Å². The summed E-state index contributed by atoms with van der Waals surface area (Å²) in [4.78, 5) is 21.2. The molecule has 1 aromatic rings. The van der Waals surface area contributed by atoms with Gasteiger partial charge in [0.15, 0.2) is 0 Å². The summed E-state index contributed by atoms with van der Waals surface area (Å²) < 4.78 is 0. The molecular formula is C16H29N5OS. The van der Waals surface area contributed by atoms with Gasteiger partial charge in [0.25, 0.3) is 0 Å². The van der Waals surface area contributed by atoms with E-state index in [2.05, 4.69) is 27.1 Å². The van der Waals surface area contributed by atoms with E-state index in [1.807, 2.05) is 12.3 Å². The fourth-order valence-electron chi connectivity index (χ4n) is 2.60. The molecule has 0 bridgehead atoms. The highest BCUT2D eigenvalue weighted by Crippen LogP contribution is 2.16. The predicted molar refractivity (Wildman–Crippen MR) is 94.6 cm³/mol. The second kappa shape index (κ2) is 9.32. The van der Waals surface area contributed by atoms with Crippen LogP contribution >= 0.6 is 11.3 Å². The molecule has 7 heteroatoms. The average Bonchev–Trinajstić information content (AvgIpc) is 2.97. The molecule has 1 fully saturated rings. The van der Waals surface area contributed by atoms with Crippen LogP contribution in [0.1, 0.15) is 36.5 Å². The quantitative estimate of drug-likeness (QED) is 0.687. The van der Waals surface area contributed by atoms with E-state index in [1.54, 1.807) is 0 Å². The summed E-state index contributed by atoms with van der Waals surface area (Å²) in [5.41, 5.74) is 6.60. The number of hydrogen-bond acceptors (Lipinski definition) is 6. The van der Waals surface area contributed by atoms with Gasteiger partial charge in [0.05, 0.1) is 18.2 Å². The number of thiazole rings is 1. The summed E-state index contributed by atoms with van der Waals surface area (Å²) in [6, 6.07) is -0.0635. The predicted octanol–water partition coefficient (Wildman–Crippen LogP) is 0.849. The van der Waals surface area contributed by atoms with Crippen molar-refractivity contribution < 1.29 is 4.79 Å². The molecule has 1 amide bonds. The molecule has 0 radical (unpaired) electrons. The smallest absolute Gasteiger partial charge is 0.226 e. The lowest BCUT2D eigenvalue weighted by Gasteiger charge is -2.32. The number of piperazine rings is 1. The summed E-state index contributed by atoms with van der Waals surface area (Å²) in [6.45, 7) is 8.43. The second-order valence-electron chi connectivity index (χ2n) is 6.34. The van der Waals surface area contributed by atoms with Gasteiger partial charge in [0.1, 0.15) is 5.01 Å². The summed E-state index contributed by atoms with van der Waals surface area (Å²) in [6.07, 6.45) is 2.51. The fourth-order valence-corrected chi connectivity index (χ4v) is 3.38. The number of nitrogens with one attached hydrogen (secondary N) is 1. The molecule has 6 nitrogen and oxygen atoms in total. The molecule has 0 aromatic carbocycles. The van der Waals surface area contributed by atoms with Gasteiger partial charge in [-0.2, -0.15) is 0 Å². The first-order valence-corrected chi connectivity index (χ1v) is 9.30. The van der Waals surface area contributed by atoms with Crippen LogP contribution in [0.2, 0.25) is 0 Å². The first kappa shape index (κ1) is 18.3. The molecule has 2 heterocycles. The maximum Gasteiger partial charge on any atom is 0.226 e. The molecule has 1 unspecified atom stereocenters. The summed E-state index contributed by atoms with van der Waals surface area (Å²) in [5, 5.41) is 5.79. The number of carbonyl (C=O) groups is 1. The molecule has 2 rings (SSSR count). The van der Waals surface area contributed by atoms with E-state index in [9.17, 15) is 4.79 Å². The van der Waals surface area contributed by atoms with E-state index in [1.165, 1.54) is 11.3 Å². The zero-order chi connectivity index (χ0) is 16.7. The Morgan fingerprint density at radius 2 is 2.13 bits per heavy atom. The van der Waals surface area contributed by atoms with Gasteiger partial charge in [-0.3, -0.25) is 4.79 Å². The van der Waals surface area contributed by atoms with Gasteiger partial charge in [-0.1, -0.05) is 0 Å². The van der Waals surface area contributed by atoms with Crippen molar-refractivity contribution in [3.63, 3.8) is 0 Å². The largest absolute Gasteiger partial charge is 0.356 e. The lowest BCUT2D eigenvalue weighted by Crippen LogP contribution is -2.44. The Labute approximate surface area is 143 Å². The van der Waals surface area contributed by atoms with E-state index in [-0.39, 0.29) is 11.9 Å². The zero-order valence-corrected chi connectivity index (χ0v) is 15.1. The number of likely N-dealkylation sites (N-methyl/N-ethyl adjacent to an activating group) is 1. The standard InChI is InChI=1S/C16H29N5OS/c1-13(17)16-19-14(12-23-16)11-15(22)18-5-3-4-6-21-9-7-20(2)8-10-21/h12-13H,3-11,17H2,1-2H3,(H,18,22). The van der Waals surface area contributed by atoms with Gasteiger partial charge >= 0.3 is 0 Å². The lowest BCUT2D eigenvalue weighted by molar-refractivity contribution is -0.120. The first-order valence-electron chi connectivity index (χ1n) is 8.42. The monoisotopic (exact) mass is 339 g/mol. The molecular weight excluding hydrogens is 310 g/mol. The van der Waals surface area contributed by atoms with Crippen LogP contribution in [0.25, 0.3) is 0 Å². The van der Waals surface area contributed by atoms with Crippen LogP contribution in [-0.4, -0.2) is 67.0 Å². The number of carbonyl (C=O) groups excluding carboxylic acids is 1. The van der Waals surface area contributed by atoms with Crippen molar-refractivity contribution >= 4 is 17.2 Å². The summed E-state index contributed by atoms with van der Waals surface area (Å²) in [7, 11) is 2.17. The zero-order valence-electron chi connectivity index (χ0n) is 14.3. The molecule has 130 valence electrons. The van der Waals surface area contributed by atoms with E-state index < -0.39 is 0 Å². The van der Waals surface area contributed by atoms with E-state index in [0.29, 0.717) is 6.42 Å². The molecule has 23 heavy (non-hydrogen) atoms. The Kier molecular flexibility index (Phi) is 7.42. The molecule has 3 N–H and O–H groups in total. The van der Waals surface area contributed by atoms with E-state index >= 15 is 0 Å². The number of nitrogens with two attached hydrogens (primary N) is 1. The number of hydrogen-bond donors (Lipinski definition) is 2. The van der Waals surface area contributed by atoms with Gasteiger partial charge in [-0.15, -0.1) is 11.3 Å². The average molecular weight is 340 g/mol. The van der Waals surface area contributed by atoms with Crippen LogP contribution in [0.3, 0.4) is 0 Å². The van der Waals surface area contributed by atoms with Gasteiger partial charge in [0, 0.05) is 38.1 Å². The van der Waals surface area contributed by atoms with Crippen molar-refractivity contribution in [3.05, 3.63) is 16.1 Å². The number of rotatable bonds is 8. The number of amides is 1. The SMILES string of the molecule is CC(N)c1nc(CC(=O)NCCCCN2CCN(C)CC2)cs1. The van der Waals surface area contributed by atoms with Crippen LogP contribution in [0.15, 0.2) is 5.38 Å². The maximum absolute atomic E-state index is 11.9. The Balaban J connectivity index is 1.54. The Morgan fingerprint density at radius 1 is 1.39 bits per heavy atom. The highest BCUT2D eigenvalue weighted by atomic mass is 32.1. The van der Waals surface area contributed by atoms with Crippen LogP contribution in [0, 0.1) is 0 Å². The van der Waals surface area contributed by atoms with Gasteiger partial charge in [-0.25, -0.2) is 4.98 Å². The minimum atomic E-state index is -0.0635. The Hall–Kier alpha value is -1.02. The summed E-state index contributed by atoms with van der Waals surface area (Å²) >= 11 is 1.52. The topological polar surface area (TPSA) is 74.5 Å². The second-order valence-corrected chi connectivity index (χ2v) is 7.23. The highest BCUT2D eigenvalue weighted by Gasteiger charge is 2.13.